The van der Waals surface area contributed by atoms with Crippen LogP contribution < -0.4 is 5.73 Å². The van der Waals surface area contributed by atoms with Crippen LogP contribution in [-0.2, 0) is 0 Å². The molecule has 70 valence electrons. The van der Waals surface area contributed by atoms with E-state index in [0.29, 0.717) is 5.92 Å². The van der Waals surface area contributed by atoms with E-state index in [1.807, 2.05) is 18.3 Å². The largest absolute Gasteiger partial charge is 0.397 e. The Labute approximate surface area is 79.5 Å². The molecule has 0 unspecified atom stereocenters. The van der Waals surface area contributed by atoms with Gasteiger partial charge in [-0.05, 0) is 18.1 Å². The number of rotatable bonds is 4. The van der Waals surface area contributed by atoms with Crippen LogP contribution in [0.3, 0.4) is 0 Å². The van der Waals surface area contributed by atoms with Crippen LogP contribution in [0.1, 0.15) is 31.2 Å². The highest BCUT2D eigenvalue weighted by Crippen LogP contribution is 2.22. The number of anilines is 1. The van der Waals surface area contributed by atoms with Crippen LogP contribution in [-0.4, -0.2) is 4.98 Å². The van der Waals surface area contributed by atoms with Gasteiger partial charge in [0.15, 0.2) is 0 Å². The van der Waals surface area contributed by atoms with Crippen LogP contribution in [0.25, 0.3) is 0 Å². The van der Waals surface area contributed by atoms with Gasteiger partial charge in [0, 0.05) is 18.3 Å². The molecule has 0 bridgehead atoms. The van der Waals surface area contributed by atoms with E-state index in [2.05, 4.69) is 18.5 Å². The van der Waals surface area contributed by atoms with Crippen LogP contribution in [0, 0.1) is 0 Å². The summed E-state index contributed by atoms with van der Waals surface area (Å²) in [4.78, 5) is 4.06. The highest BCUT2D eigenvalue weighted by Gasteiger charge is 2.06. The third-order valence-corrected chi connectivity index (χ3v) is 2.09. The molecule has 0 saturated heterocycles. The topological polar surface area (TPSA) is 38.9 Å². The fraction of sp³-hybridized carbons (Fsp3) is 0.364. The zero-order chi connectivity index (χ0) is 9.68. The summed E-state index contributed by atoms with van der Waals surface area (Å²) in [6.07, 6.45) is 7.73. The molecule has 1 heterocycles. The minimum atomic E-state index is 0.390. The van der Waals surface area contributed by atoms with E-state index in [1.165, 1.54) is 0 Å². The Kier molecular flexibility index (Phi) is 3.50. The van der Waals surface area contributed by atoms with E-state index in [9.17, 15) is 0 Å². The Balaban J connectivity index is 2.84. The third-order valence-electron chi connectivity index (χ3n) is 2.09. The van der Waals surface area contributed by atoms with Gasteiger partial charge in [-0.2, -0.15) is 0 Å². The number of aromatic nitrogens is 1. The molecule has 1 rings (SSSR count). The summed E-state index contributed by atoms with van der Waals surface area (Å²) in [6, 6.07) is 1.97. The van der Waals surface area contributed by atoms with Crippen molar-refractivity contribution >= 4 is 5.69 Å². The highest BCUT2D eigenvalue weighted by molar-refractivity contribution is 5.39. The van der Waals surface area contributed by atoms with Crippen molar-refractivity contribution in [2.24, 2.45) is 0 Å². The van der Waals surface area contributed by atoms with Crippen LogP contribution in [0.15, 0.2) is 31.1 Å². The second-order valence-corrected chi connectivity index (χ2v) is 3.18. The molecule has 0 amide bonds. The first kappa shape index (κ1) is 9.78. The molecule has 0 aromatic carbocycles. The third kappa shape index (κ3) is 2.58. The monoisotopic (exact) mass is 176 g/mol. The number of allylic oxidation sites excluding steroid dienone is 1. The molecular formula is C11H16N2. The van der Waals surface area contributed by atoms with Gasteiger partial charge in [-0.1, -0.05) is 19.4 Å². The Hall–Kier alpha value is -1.31. The highest BCUT2D eigenvalue weighted by atomic mass is 14.7. The van der Waals surface area contributed by atoms with Crippen molar-refractivity contribution in [3.05, 3.63) is 36.7 Å². The molecule has 1 atom stereocenters. The molecule has 0 aliphatic carbocycles. The minimum Gasteiger partial charge on any atom is -0.397 e. The van der Waals surface area contributed by atoms with Gasteiger partial charge in [0.25, 0.3) is 0 Å². The average molecular weight is 176 g/mol. The number of hydrogen-bond donors (Lipinski definition) is 1. The number of nitrogens with two attached hydrogens (primary N) is 1. The van der Waals surface area contributed by atoms with Gasteiger partial charge in [0.05, 0.1) is 5.69 Å². The van der Waals surface area contributed by atoms with Gasteiger partial charge in [-0.15, -0.1) is 6.58 Å². The summed E-state index contributed by atoms with van der Waals surface area (Å²) in [5.41, 5.74) is 7.54. The molecule has 2 N–H and O–H groups in total. The zero-order valence-corrected chi connectivity index (χ0v) is 8.03. The quantitative estimate of drug-likeness (QED) is 0.716. The summed E-state index contributed by atoms with van der Waals surface area (Å²) in [7, 11) is 0. The van der Waals surface area contributed by atoms with Crippen molar-refractivity contribution in [2.75, 3.05) is 5.73 Å². The van der Waals surface area contributed by atoms with Crippen LogP contribution in [0.4, 0.5) is 5.69 Å². The lowest BCUT2D eigenvalue weighted by Gasteiger charge is -2.11. The summed E-state index contributed by atoms with van der Waals surface area (Å²) >= 11 is 0. The number of nitrogen functional groups attached to an aromatic ring is 1. The second kappa shape index (κ2) is 4.65. The van der Waals surface area contributed by atoms with Crippen molar-refractivity contribution in [3.63, 3.8) is 0 Å². The lowest BCUT2D eigenvalue weighted by Crippen LogP contribution is -1.97. The smallest absolute Gasteiger partial charge is 0.0503 e. The van der Waals surface area contributed by atoms with Crippen molar-refractivity contribution in [1.82, 2.24) is 4.98 Å². The number of pyridine rings is 1. The standard InChI is InChI=1S/C11H16N2/c1-3-5-9(4-2)10-6-11(12)8-13-7-10/h4,6-9H,2-3,5,12H2,1H3/t9-/m0/s1. The molecule has 1 aromatic heterocycles. The molecule has 0 radical (unpaired) electrons. The van der Waals surface area contributed by atoms with Crippen LogP contribution >= 0.6 is 0 Å². The summed E-state index contributed by atoms with van der Waals surface area (Å²) in [5, 5.41) is 0. The fourth-order valence-electron chi connectivity index (χ4n) is 1.41. The molecule has 0 spiro atoms. The zero-order valence-electron chi connectivity index (χ0n) is 8.03. The van der Waals surface area contributed by atoms with Crippen LogP contribution in [0.2, 0.25) is 0 Å². The first-order valence-corrected chi connectivity index (χ1v) is 4.61. The van der Waals surface area contributed by atoms with Gasteiger partial charge in [-0.25, -0.2) is 0 Å². The van der Waals surface area contributed by atoms with Gasteiger partial charge < -0.3 is 5.73 Å². The van der Waals surface area contributed by atoms with E-state index in [0.717, 1.165) is 24.1 Å². The summed E-state index contributed by atoms with van der Waals surface area (Å²) < 4.78 is 0. The summed E-state index contributed by atoms with van der Waals surface area (Å²) in [6.45, 7) is 5.98. The maximum atomic E-state index is 5.65. The average Bonchev–Trinajstić information content (AvgIpc) is 2.14. The molecule has 0 aliphatic rings. The molecule has 0 saturated carbocycles. The summed E-state index contributed by atoms with van der Waals surface area (Å²) in [5.74, 6) is 0.390. The second-order valence-electron chi connectivity index (χ2n) is 3.18. The van der Waals surface area contributed by atoms with E-state index >= 15 is 0 Å². The van der Waals surface area contributed by atoms with Gasteiger partial charge >= 0.3 is 0 Å². The predicted octanol–water partition coefficient (Wildman–Crippen LogP) is 2.73. The maximum absolute atomic E-state index is 5.65. The van der Waals surface area contributed by atoms with E-state index < -0.39 is 0 Å². The normalized spacial score (nSPS) is 12.4. The predicted molar refractivity (Wildman–Crippen MR) is 56.5 cm³/mol. The Morgan fingerprint density at radius 3 is 2.92 bits per heavy atom. The minimum absolute atomic E-state index is 0.390. The van der Waals surface area contributed by atoms with Gasteiger partial charge in [0.2, 0.25) is 0 Å². The molecule has 0 aliphatic heterocycles. The van der Waals surface area contributed by atoms with Crippen molar-refractivity contribution in [3.8, 4) is 0 Å². The molecule has 1 aromatic rings. The molecular weight excluding hydrogens is 160 g/mol. The number of hydrogen-bond acceptors (Lipinski definition) is 2. The molecule has 0 fully saturated rings. The molecule has 2 nitrogen and oxygen atoms in total. The van der Waals surface area contributed by atoms with E-state index in [1.54, 1.807) is 6.20 Å². The van der Waals surface area contributed by atoms with Gasteiger partial charge in [0.1, 0.15) is 0 Å². The first-order valence-electron chi connectivity index (χ1n) is 4.61. The SMILES string of the molecule is C=C[C@@H](CCC)c1cncc(N)c1. The first-order chi connectivity index (χ1) is 6.27. The van der Waals surface area contributed by atoms with E-state index in [-0.39, 0.29) is 0 Å². The van der Waals surface area contributed by atoms with Crippen LogP contribution in [0.5, 0.6) is 0 Å². The molecule has 13 heavy (non-hydrogen) atoms. The Morgan fingerprint density at radius 1 is 1.62 bits per heavy atom. The van der Waals surface area contributed by atoms with Gasteiger partial charge in [-0.3, -0.25) is 4.98 Å². The van der Waals surface area contributed by atoms with E-state index in [4.69, 9.17) is 5.73 Å². The van der Waals surface area contributed by atoms with Crippen molar-refractivity contribution < 1.29 is 0 Å². The van der Waals surface area contributed by atoms with Crippen molar-refractivity contribution in [1.29, 1.82) is 0 Å². The Bertz CT molecular complexity index is 281. The number of nitrogens with zero attached hydrogens (tertiary/aromatic N) is 1. The van der Waals surface area contributed by atoms with Crippen molar-refractivity contribution in [2.45, 2.75) is 25.7 Å². The lowest BCUT2D eigenvalue weighted by atomic mass is 9.96. The molecule has 2 heteroatoms. The maximum Gasteiger partial charge on any atom is 0.0503 e. The lowest BCUT2D eigenvalue weighted by molar-refractivity contribution is 0.716. The Morgan fingerprint density at radius 2 is 2.38 bits per heavy atom. The fourth-order valence-corrected chi connectivity index (χ4v) is 1.41.